The Morgan fingerprint density at radius 2 is 1.93 bits per heavy atom. The third-order valence-electron chi connectivity index (χ3n) is 5.03. The van der Waals surface area contributed by atoms with Gasteiger partial charge in [0.1, 0.15) is 6.33 Å². The van der Waals surface area contributed by atoms with Crippen molar-refractivity contribution in [3.05, 3.63) is 53.5 Å². The number of imidazole rings is 1. The molecule has 2 N–H and O–H groups in total. The van der Waals surface area contributed by atoms with Crippen LogP contribution in [0.3, 0.4) is 0 Å². The van der Waals surface area contributed by atoms with E-state index in [0.29, 0.717) is 5.95 Å². The van der Waals surface area contributed by atoms with Crippen molar-refractivity contribution in [3.63, 3.8) is 0 Å². The van der Waals surface area contributed by atoms with E-state index in [-0.39, 0.29) is 0 Å². The molecule has 1 aliphatic heterocycles. The van der Waals surface area contributed by atoms with E-state index in [1.165, 1.54) is 0 Å². The number of fused-ring (bicyclic) bond motifs is 1. The van der Waals surface area contributed by atoms with Gasteiger partial charge in [0.25, 0.3) is 0 Å². The third-order valence-corrected chi connectivity index (χ3v) is 5.71. The summed E-state index contributed by atoms with van der Waals surface area (Å²) in [5, 5.41) is 10.9. The molecule has 1 fully saturated rings. The maximum atomic E-state index is 5.43. The molecular weight excluding hydrogens is 398 g/mol. The Kier molecular flexibility index (Phi) is 5.56. The number of anilines is 3. The van der Waals surface area contributed by atoms with Crippen molar-refractivity contribution in [1.29, 1.82) is 0 Å². The molecule has 3 aromatic heterocycles. The van der Waals surface area contributed by atoms with Gasteiger partial charge in [-0.05, 0) is 23.6 Å². The normalized spacial score (nSPS) is 14.8. The highest BCUT2D eigenvalue weighted by Crippen LogP contribution is 2.25. The Morgan fingerprint density at radius 1 is 1.07 bits per heavy atom. The van der Waals surface area contributed by atoms with E-state index in [0.717, 1.165) is 67.7 Å². The predicted molar refractivity (Wildman–Crippen MR) is 120 cm³/mol. The molecular formula is C21H23N7OS. The molecule has 0 radical (unpaired) electrons. The number of nitrogens with zero attached hydrogens (tertiary/aromatic N) is 5. The minimum absolute atomic E-state index is 0.541. The molecule has 154 valence electrons. The number of para-hydroxylation sites is 1. The first-order chi connectivity index (χ1) is 14.9. The molecule has 0 aliphatic carbocycles. The SMILES string of the molecule is c1ccc(Nc2nc(NCCN3CCOCC3)c3ncn(-c4ccsc4)c3n2)cc1. The van der Waals surface area contributed by atoms with Gasteiger partial charge in [0, 0.05) is 37.2 Å². The molecule has 5 rings (SSSR count). The van der Waals surface area contributed by atoms with Gasteiger partial charge in [-0.1, -0.05) is 18.2 Å². The smallest absolute Gasteiger partial charge is 0.231 e. The van der Waals surface area contributed by atoms with Crippen LogP contribution in [0.2, 0.25) is 0 Å². The Labute approximate surface area is 178 Å². The first-order valence-electron chi connectivity index (χ1n) is 10.0. The van der Waals surface area contributed by atoms with E-state index in [1.54, 1.807) is 17.7 Å². The number of ether oxygens (including phenoxy) is 1. The van der Waals surface area contributed by atoms with E-state index in [9.17, 15) is 0 Å². The van der Waals surface area contributed by atoms with Crippen LogP contribution in [0.15, 0.2) is 53.5 Å². The fraction of sp³-hybridized carbons (Fsp3) is 0.286. The highest BCUT2D eigenvalue weighted by Gasteiger charge is 2.16. The van der Waals surface area contributed by atoms with E-state index >= 15 is 0 Å². The van der Waals surface area contributed by atoms with Gasteiger partial charge in [-0.2, -0.15) is 21.3 Å². The van der Waals surface area contributed by atoms with Gasteiger partial charge < -0.3 is 15.4 Å². The van der Waals surface area contributed by atoms with Crippen molar-refractivity contribution < 1.29 is 4.74 Å². The van der Waals surface area contributed by atoms with E-state index in [4.69, 9.17) is 14.7 Å². The molecule has 0 unspecified atom stereocenters. The molecule has 30 heavy (non-hydrogen) atoms. The van der Waals surface area contributed by atoms with Crippen molar-refractivity contribution in [2.75, 3.05) is 50.0 Å². The second kappa shape index (κ2) is 8.78. The zero-order valence-electron chi connectivity index (χ0n) is 16.5. The Hall–Kier alpha value is -3.01. The highest BCUT2D eigenvalue weighted by molar-refractivity contribution is 7.08. The largest absolute Gasteiger partial charge is 0.379 e. The summed E-state index contributed by atoms with van der Waals surface area (Å²) in [6, 6.07) is 12.0. The first kappa shape index (κ1) is 19.0. The molecule has 0 saturated carbocycles. The third kappa shape index (κ3) is 4.13. The maximum absolute atomic E-state index is 5.43. The maximum Gasteiger partial charge on any atom is 0.231 e. The van der Waals surface area contributed by atoms with Crippen molar-refractivity contribution in [1.82, 2.24) is 24.4 Å². The van der Waals surface area contributed by atoms with Crippen molar-refractivity contribution >= 4 is 40.0 Å². The lowest BCUT2D eigenvalue weighted by molar-refractivity contribution is 0.0398. The molecule has 0 spiro atoms. The molecule has 1 saturated heterocycles. The number of hydrogen-bond donors (Lipinski definition) is 2. The number of morpholine rings is 1. The zero-order chi connectivity index (χ0) is 20.2. The summed E-state index contributed by atoms with van der Waals surface area (Å²) >= 11 is 1.65. The summed E-state index contributed by atoms with van der Waals surface area (Å²) in [4.78, 5) is 16.5. The Bertz CT molecular complexity index is 1090. The van der Waals surface area contributed by atoms with Gasteiger partial charge in [0.2, 0.25) is 5.95 Å². The van der Waals surface area contributed by atoms with E-state index < -0.39 is 0 Å². The number of rotatable bonds is 7. The quantitative estimate of drug-likeness (QED) is 0.474. The molecule has 0 amide bonds. The number of hydrogen-bond acceptors (Lipinski definition) is 8. The number of benzene rings is 1. The topological polar surface area (TPSA) is 80.1 Å². The van der Waals surface area contributed by atoms with Crippen molar-refractivity contribution in [2.24, 2.45) is 0 Å². The van der Waals surface area contributed by atoms with Gasteiger partial charge in [0.15, 0.2) is 17.0 Å². The van der Waals surface area contributed by atoms with Gasteiger partial charge in [-0.25, -0.2) is 4.98 Å². The standard InChI is InChI=1S/C21H23N7OS/c1-2-4-16(5-3-1)24-21-25-19(22-7-8-27-9-11-29-12-10-27)18-20(26-21)28(15-23-18)17-6-13-30-14-17/h1-6,13-15H,7-12H2,(H2,22,24,25,26). The zero-order valence-corrected chi connectivity index (χ0v) is 17.3. The van der Waals surface area contributed by atoms with E-state index in [1.807, 2.05) is 40.3 Å². The van der Waals surface area contributed by atoms with E-state index in [2.05, 4.69) is 32.0 Å². The summed E-state index contributed by atoms with van der Waals surface area (Å²) in [5.41, 5.74) is 3.53. The Morgan fingerprint density at radius 3 is 2.73 bits per heavy atom. The van der Waals surface area contributed by atoms with Crippen molar-refractivity contribution in [2.45, 2.75) is 0 Å². The summed E-state index contributed by atoms with van der Waals surface area (Å²) in [6.07, 6.45) is 1.81. The average Bonchev–Trinajstić information content (AvgIpc) is 3.45. The molecule has 4 heterocycles. The fourth-order valence-corrected chi connectivity index (χ4v) is 4.10. The molecule has 8 nitrogen and oxygen atoms in total. The molecule has 1 aromatic carbocycles. The molecule has 1 aliphatic rings. The van der Waals surface area contributed by atoms with Gasteiger partial charge in [-0.3, -0.25) is 9.47 Å². The van der Waals surface area contributed by atoms with Crippen LogP contribution in [0.25, 0.3) is 16.9 Å². The summed E-state index contributed by atoms with van der Waals surface area (Å²) < 4.78 is 7.43. The lowest BCUT2D eigenvalue weighted by Gasteiger charge is -2.26. The second-order valence-electron chi connectivity index (χ2n) is 7.04. The summed E-state index contributed by atoms with van der Waals surface area (Å²) in [5.74, 6) is 1.28. The first-order valence-corrected chi connectivity index (χ1v) is 10.9. The second-order valence-corrected chi connectivity index (χ2v) is 7.82. The monoisotopic (exact) mass is 421 g/mol. The molecule has 0 atom stereocenters. The van der Waals surface area contributed by atoms with Crippen LogP contribution in [0.4, 0.5) is 17.5 Å². The summed E-state index contributed by atoms with van der Waals surface area (Å²) in [6.45, 7) is 5.24. The van der Waals surface area contributed by atoms with Crippen LogP contribution in [0.5, 0.6) is 0 Å². The van der Waals surface area contributed by atoms with Crippen LogP contribution in [0, 0.1) is 0 Å². The molecule has 9 heteroatoms. The minimum atomic E-state index is 0.541. The molecule has 4 aromatic rings. The predicted octanol–water partition coefficient (Wildman–Crippen LogP) is 3.36. The van der Waals surface area contributed by atoms with Gasteiger partial charge >= 0.3 is 0 Å². The van der Waals surface area contributed by atoms with Crippen molar-refractivity contribution in [3.8, 4) is 5.69 Å². The minimum Gasteiger partial charge on any atom is -0.379 e. The van der Waals surface area contributed by atoms with Crippen LogP contribution < -0.4 is 10.6 Å². The summed E-state index contributed by atoms with van der Waals surface area (Å²) in [7, 11) is 0. The van der Waals surface area contributed by atoms with Crippen LogP contribution in [-0.4, -0.2) is 63.8 Å². The highest BCUT2D eigenvalue weighted by atomic mass is 32.1. The van der Waals surface area contributed by atoms with Gasteiger partial charge in [0.05, 0.1) is 18.9 Å². The molecule has 0 bridgehead atoms. The average molecular weight is 422 g/mol. The Balaban J connectivity index is 1.44. The number of thiophene rings is 1. The lowest BCUT2D eigenvalue weighted by atomic mass is 10.3. The number of nitrogens with one attached hydrogen (secondary N) is 2. The number of aromatic nitrogens is 4. The van der Waals surface area contributed by atoms with Crippen LogP contribution >= 0.6 is 11.3 Å². The van der Waals surface area contributed by atoms with Crippen LogP contribution in [-0.2, 0) is 4.74 Å². The fourth-order valence-electron chi connectivity index (χ4n) is 3.47. The van der Waals surface area contributed by atoms with Crippen LogP contribution in [0.1, 0.15) is 0 Å². The lowest BCUT2D eigenvalue weighted by Crippen LogP contribution is -2.39. The van der Waals surface area contributed by atoms with Gasteiger partial charge in [-0.15, -0.1) is 0 Å².